The predicted octanol–water partition coefficient (Wildman–Crippen LogP) is 6.04. The van der Waals surface area contributed by atoms with Crippen molar-refractivity contribution < 1.29 is 14.3 Å². The van der Waals surface area contributed by atoms with Gasteiger partial charge in [0.05, 0.1) is 23.8 Å². The van der Waals surface area contributed by atoms with E-state index in [1.54, 1.807) is 12.0 Å². The molecule has 1 amide bonds. The monoisotopic (exact) mass is 477 g/mol. The minimum Gasteiger partial charge on any atom is -0.493 e. The second-order valence-electron chi connectivity index (χ2n) is 6.21. The van der Waals surface area contributed by atoms with Crippen molar-refractivity contribution in [2.24, 2.45) is 0 Å². The third-order valence-corrected chi connectivity index (χ3v) is 6.27. The normalized spacial score (nSPS) is 16.6. The molecule has 1 fully saturated rings. The highest BCUT2D eigenvalue weighted by Crippen LogP contribution is 2.39. The van der Waals surface area contributed by atoms with Crippen LogP contribution in [0.15, 0.2) is 51.8 Å². The molecule has 4 nitrogen and oxygen atoms in total. The minimum absolute atomic E-state index is 0.0776. The van der Waals surface area contributed by atoms with Crippen molar-refractivity contribution in [2.45, 2.75) is 26.4 Å². The van der Waals surface area contributed by atoms with Gasteiger partial charge in [-0.1, -0.05) is 65.0 Å². The number of halogens is 1. The number of benzene rings is 2. The van der Waals surface area contributed by atoms with Crippen LogP contribution in [0.4, 0.5) is 5.69 Å². The van der Waals surface area contributed by atoms with Gasteiger partial charge in [-0.15, -0.1) is 0 Å². The number of carbonyl (C=O) groups is 1. The number of ether oxygens (including phenoxy) is 2. The SMILES string of the molecule is CC[C@H](C)Oc1cc(Br)c(/C=C2/SC(=S)N(c3ccccc3)C2=O)cc1OC. The van der Waals surface area contributed by atoms with Gasteiger partial charge in [-0.2, -0.15) is 0 Å². The van der Waals surface area contributed by atoms with E-state index < -0.39 is 0 Å². The molecule has 0 unspecified atom stereocenters. The Morgan fingerprint density at radius 2 is 1.96 bits per heavy atom. The number of thioether (sulfide) groups is 1. The van der Waals surface area contributed by atoms with Crippen molar-refractivity contribution in [2.75, 3.05) is 12.0 Å². The summed E-state index contributed by atoms with van der Waals surface area (Å²) in [6, 6.07) is 13.1. The number of amides is 1. The average molecular weight is 478 g/mol. The quantitative estimate of drug-likeness (QED) is 0.374. The molecule has 1 aliphatic heterocycles. The molecule has 146 valence electrons. The molecule has 0 saturated carbocycles. The fraction of sp³-hybridized carbons (Fsp3) is 0.238. The maximum atomic E-state index is 12.9. The molecule has 2 aromatic carbocycles. The van der Waals surface area contributed by atoms with Crippen molar-refractivity contribution in [3.63, 3.8) is 0 Å². The maximum absolute atomic E-state index is 12.9. The lowest BCUT2D eigenvalue weighted by atomic mass is 10.1. The van der Waals surface area contributed by atoms with Crippen LogP contribution in [0.2, 0.25) is 0 Å². The van der Waals surface area contributed by atoms with E-state index in [2.05, 4.69) is 22.9 Å². The zero-order chi connectivity index (χ0) is 20.3. The average Bonchev–Trinajstić information content (AvgIpc) is 2.97. The zero-order valence-corrected chi connectivity index (χ0v) is 19.0. The minimum atomic E-state index is -0.132. The number of para-hydroxylation sites is 1. The van der Waals surface area contributed by atoms with Crippen molar-refractivity contribution in [3.8, 4) is 11.5 Å². The van der Waals surface area contributed by atoms with Crippen LogP contribution in [0.5, 0.6) is 11.5 Å². The Hall–Kier alpha value is -1.83. The second kappa shape index (κ2) is 9.11. The van der Waals surface area contributed by atoms with Crippen molar-refractivity contribution in [3.05, 3.63) is 57.4 Å². The first kappa shape index (κ1) is 20.9. The Morgan fingerprint density at radius 3 is 2.61 bits per heavy atom. The fourth-order valence-electron chi connectivity index (χ4n) is 2.62. The first-order chi connectivity index (χ1) is 13.4. The van der Waals surface area contributed by atoms with Crippen LogP contribution < -0.4 is 14.4 Å². The summed E-state index contributed by atoms with van der Waals surface area (Å²) in [6.45, 7) is 4.07. The highest BCUT2D eigenvalue weighted by atomic mass is 79.9. The lowest BCUT2D eigenvalue weighted by Crippen LogP contribution is -2.27. The van der Waals surface area contributed by atoms with Gasteiger partial charge in [0, 0.05) is 4.47 Å². The van der Waals surface area contributed by atoms with Crippen LogP contribution in [0.1, 0.15) is 25.8 Å². The number of methoxy groups -OCH3 is 1. The number of rotatable bonds is 6. The van der Waals surface area contributed by atoms with Gasteiger partial charge in [0.25, 0.3) is 5.91 Å². The summed E-state index contributed by atoms with van der Waals surface area (Å²) in [6.07, 6.45) is 2.79. The van der Waals surface area contributed by atoms with Crippen LogP contribution in [-0.4, -0.2) is 23.4 Å². The summed E-state index contributed by atoms with van der Waals surface area (Å²) in [4.78, 5) is 15.0. The van der Waals surface area contributed by atoms with Crippen LogP contribution >= 0.6 is 39.9 Å². The van der Waals surface area contributed by atoms with E-state index in [9.17, 15) is 4.79 Å². The number of hydrogen-bond acceptors (Lipinski definition) is 5. The van der Waals surface area contributed by atoms with Gasteiger partial charge in [-0.25, -0.2) is 0 Å². The van der Waals surface area contributed by atoms with E-state index in [4.69, 9.17) is 21.7 Å². The lowest BCUT2D eigenvalue weighted by Gasteiger charge is -2.17. The maximum Gasteiger partial charge on any atom is 0.270 e. The third kappa shape index (κ3) is 4.42. The Labute approximate surface area is 183 Å². The highest BCUT2D eigenvalue weighted by Gasteiger charge is 2.33. The molecule has 0 radical (unpaired) electrons. The number of thiocarbonyl (C=S) groups is 1. The first-order valence-electron chi connectivity index (χ1n) is 8.81. The molecular formula is C21H20BrNO3S2. The molecule has 28 heavy (non-hydrogen) atoms. The second-order valence-corrected chi connectivity index (χ2v) is 8.74. The predicted molar refractivity (Wildman–Crippen MR) is 123 cm³/mol. The summed E-state index contributed by atoms with van der Waals surface area (Å²) >= 11 is 10.3. The van der Waals surface area contributed by atoms with Gasteiger partial charge in [-0.3, -0.25) is 9.69 Å². The first-order valence-corrected chi connectivity index (χ1v) is 10.8. The van der Waals surface area contributed by atoms with E-state index in [1.807, 2.05) is 55.5 Å². The van der Waals surface area contributed by atoms with Gasteiger partial charge < -0.3 is 9.47 Å². The van der Waals surface area contributed by atoms with Crippen molar-refractivity contribution in [1.82, 2.24) is 0 Å². The van der Waals surface area contributed by atoms with Crippen LogP contribution in [0.3, 0.4) is 0 Å². The standard InChI is InChI=1S/C21H20BrNO3S2/c1-4-13(2)26-18-12-16(22)14(10-17(18)25-3)11-19-20(24)23(21(27)28-19)15-8-6-5-7-9-15/h5-13H,4H2,1-3H3/b19-11+/t13-/m0/s1. The molecule has 3 rings (SSSR count). The van der Waals surface area contributed by atoms with Crippen molar-refractivity contribution >= 4 is 61.9 Å². The van der Waals surface area contributed by atoms with E-state index in [0.29, 0.717) is 20.7 Å². The van der Waals surface area contributed by atoms with E-state index in [0.717, 1.165) is 22.1 Å². The molecule has 2 aromatic rings. The molecule has 1 saturated heterocycles. The van der Waals surface area contributed by atoms with Gasteiger partial charge in [-0.05, 0) is 49.2 Å². The summed E-state index contributed by atoms with van der Waals surface area (Å²) in [7, 11) is 1.60. The molecule has 0 aliphatic carbocycles. The Bertz CT molecular complexity index is 931. The van der Waals surface area contributed by atoms with Gasteiger partial charge in [0.15, 0.2) is 15.8 Å². The third-order valence-electron chi connectivity index (χ3n) is 4.28. The Balaban J connectivity index is 1.93. The summed E-state index contributed by atoms with van der Waals surface area (Å²) < 4.78 is 12.7. The fourth-order valence-corrected chi connectivity index (χ4v) is 4.35. The van der Waals surface area contributed by atoms with Crippen LogP contribution in [0, 0.1) is 0 Å². The molecule has 1 heterocycles. The zero-order valence-electron chi connectivity index (χ0n) is 15.8. The number of anilines is 1. The highest BCUT2D eigenvalue weighted by molar-refractivity contribution is 9.10. The van der Waals surface area contributed by atoms with Crippen LogP contribution in [0.25, 0.3) is 6.08 Å². The summed E-state index contributed by atoms with van der Waals surface area (Å²) in [5.41, 5.74) is 1.59. The molecule has 1 atom stereocenters. The number of carbonyl (C=O) groups excluding carboxylic acids is 1. The molecular weight excluding hydrogens is 458 g/mol. The largest absolute Gasteiger partial charge is 0.493 e. The van der Waals surface area contributed by atoms with Gasteiger partial charge in [0.1, 0.15) is 0 Å². The molecule has 1 aliphatic rings. The van der Waals surface area contributed by atoms with Gasteiger partial charge >= 0.3 is 0 Å². The van der Waals surface area contributed by atoms with Crippen molar-refractivity contribution in [1.29, 1.82) is 0 Å². The number of nitrogens with zero attached hydrogens (tertiary/aromatic N) is 1. The Kier molecular flexibility index (Phi) is 6.80. The smallest absolute Gasteiger partial charge is 0.270 e. The van der Waals surface area contributed by atoms with E-state index in [1.165, 1.54) is 11.8 Å². The van der Waals surface area contributed by atoms with Crippen LogP contribution in [-0.2, 0) is 4.79 Å². The summed E-state index contributed by atoms with van der Waals surface area (Å²) in [5.74, 6) is 1.15. The number of hydrogen-bond donors (Lipinski definition) is 0. The molecule has 0 bridgehead atoms. The van der Waals surface area contributed by atoms with E-state index in [-0.39, 0.29) is 12.0 Å². The topological polar surface area (TPSA) is 38.8 Å². The van der Waals surface area contributed by atoms with E-state index >= 15 is 0 Å². The molecule has 0 aromatic heterocycles. The lowest BCUT2D eigenvalue weighted by molar-refractivity contribution is -0.113. The molecule has 0 N–H and O–H groups in total. The van der Waals surface area contributed by atoms with Gasteiger partial charge in [0.2, 0.25) is 0 Å². The molecule has 7 heteroatoms. The summed E-state index contributed by atoms with van der Waals surface area (Å²) in [5, 5.41) is 0. The molecule has 0 spiro atoms. The Morgan fingerprint density at radius 1 is 1.25 bits per heavy atom.